The van der Waals surface area contributed by atoms with E-state index in [-0.39, 0.29) is 17.9 Å². The summed E-state index contributed by atoms with van der Waals surface area (Å²) in [5.74, 6) is 3.30. The predicted octanol–water partition coefficient (Wildman–Crippen LogP) is 5.06. The van der Waals surface area contributed by atoms with Crippen LogP contribution in [0, 0.1) is 11.8 Å². The first kappa shape index (κ1) is 29.4. The molecule has 1 aromatic heterocycles. The lowest BCUT2D eigenvalue weighted by molar-refractivity contribution is -0.126. The van der Waals surface area contributed by atoms with Crippen LogP contribution in [0.4, 0.5) is 11.5 Å². The zero-order valence-electron chi connectivity index (χ0n) is 25.7. The maximum atomic E-state index is 13.3. The topological polar surface area (TPSA) is 69.2 Å². The molecule has 1 unspecified atom stereocenters. The summed E-state index contributed by atoms with van der Waals surface area (Å²) in [7, 11) is 3.82. The number of aromatic nitrogens is 1. The molecule has 1 atom stereocenters. The van der Waals surface area contributed by atoms with Crippen molar-refractivity contribution in [2.24, 2.45) is 11.8 Å². The van der Waals surface area contributed by atoms with E-state index < -0.39 is 0 Å². The number of pyridine rings is 1. The van der Waals surface area contributed by atoms with Crippen LogP contribution in [0.15, 0.2) is 30.5 Å². The van der Waals surface area contributed by atoms with Crippen LogP contribution in [0.3, 0.4) is 0 Å². The first-order chi connectivity index (χ1) is 19.7. The zero-order valence-corrected chi connectivity index (χ0v) is 25.7. The molecule has 1 saturated carbocycles. The summed E-state index contributed by atoms with van der Waals surface area (Å²) in [5, 5.41) is 0. The standard InChI is InChI=1S/C33H47N5O3/c1-7-36-21-37(20-33(36)40)27-10-8-24(9-11-27)19-35(5)31-13-12-28(18-34-31)38-23(4)29-15-26(14-22(2)3)30(41-6)16-25(29)17-32(38)39/h12-13,15-16,18,22-24,27H,7-11,14,17,19-21H2,1-6H3. The fraction of sp³-hybridized carbons (Fsp3) is 0.606. The molecule has 1 aliphatic carbocycles. The molecule has 222 valence electrons. The van der Waals surface area contributed by atoms with Gasteiger partial charge in [0.1, 0.15) is 11.6 Å². The molecule has 41 heavy (non-hydrogen) atoms. The Balaban J connectivity index is 1.21. The molecule has 5 rings (SSSR count). The Morgan fingerprint density at radius 2 is 1.85 bits per heavy atom. The number of likely N-dealkylation sites (N-methyl/N-ethyl adjacent to an activating group) is 1. The molecule has 2 fully saturated rings. The molecule has 0 spiro atoms. The minimum Gasteiger partial charge on any atom is -0.496 e. The summed E-state index contributed by atoms with van der Waals surface area (Å²) in [6, 6.07) is 8.84. The van der Waals surface area contributed by atoms with Crippen LogP contribution in [-0.4, -0.2) is 73.1 Å². The van der Waals surface area contributed by atoms with Gasteiger partial charge in [0, 0.05) is 26.2 Å². The van der Waals surface area contributed by atoms with E-state index in [1.165, 1.54) is 24.0 Å². The van der Waals surface area contributed by atoms with E-state index in [1.54, 1.807) is 7.11 Å². The van der Waals surface area contributed by atoms with Crippen molar-refractivity contribution in [3.05, 3.63) is 47.2 Å². The fourth-order valence-corrected chi connectivity index (χ4v) is 7.05. The predicted molar refractivity (Wildman–Crippen MR) is 163 cm³/mol. The highest BCUT2D eigenvalue weighted by Crippen LogP contribution is 2.38. The van der Waals surface area contributed by atoms with E-state index in [9.17, 15) is 9.59 Å². The summed E-state index contributed by atoms with van der Waals surface area (Å²) >= 11 is 0. The van der Waals surface area contributed by atoms with Gasteiger partial charge >= 0.3 is 0 Å². The number of anilines is 2. The molecule has 0 radical (unpaired) electrons. The Morgan fingerprint density at radius 1 is 1.10 bits per heavy atom. The SMILES string of the molecule is CCN1CN(C2CCC(CN(C)c3ccc(N4C(=O)Cc5cc(OC)c(CC(C)C)cc5C4C)cn3)CC2)CC1=O. The van der Waals surface area contributed by atoms with Crippen molar-refractivity contribution >= 4 is 23.3 Å². The molecule has 2 aliphatic heterocycles. The Kier molecular flexibility index (Phi) is 8.88. The normalized spacial score (nSPS) is 23.3. The largest absolute Gasteiger partial charge is 0.496 e. The van der Waals surface area contributed by atoms with E-state index in [0.29, 0.717) is 30.8 Å². The number of benzene rings is 1. The number of rotatable bonds is 9. The second kappa shape index (κ2) is 12.4. The monoisotopic (exact) mass is 561 g/mol. The molecule has 1 aromatic carbocycles. The number of ether oxygens (including phenoxy) is 1. The average Bonchev–Trinajstić information content (AvgIpc) is 3.34. The Morgan fingerprint density at radius 3 is 2.46 bits per heavy atom. The molecular weight excluding hydrogens is 514 g/mol. The van der Waals surface area contributed by atoms with Gasteiger partial charge in [0.05, 0.1) is 44.7 Å². The lowest BCUT2D eigenvalue weighted by Gasteiger charge is -2.36. The summed E-state index contributed by atoms with van der Waals surface area (Å²) in [5.41, 5.74) is 4.29. The third-order valence-corrected chi connectivity index (χ3v) is 9.31. The minimum absolute atomic E-state index is 0.0704. The van der Waals surface area contributed by atoms with Crippen molar-refractivity contribution in [3.63, 3.8) is 0 Å². The van der Waals surface area contributed by atoms with Crippen LogP contribution in [0.25, 0.3) is 0 Å². The highest BCUT2D eigenvalue weighted by atomic mass is 16.5. The van der Waals surface area contributed by atoms with E-state index in [0.717, 1.165) is 61.8 Å². The molecule has 8 heteroatoms. The lowest BCUT2D eigenvalue weighted by Crippen LogP contribution is -2.40. The van der Waals surface area contributed by atoms with Crippen LogP contribution in [0.2, 0.25) is 0 Å². The van der Waals surface area contributed by atoms with Crippen LogP contribution < -0.4 is 14.5 Å². The number of amides is 2. The average molecular weight is 562 g/mol. The third-order valence-electron chi connectivity index (χ3n) is 9.31. The van der Waals surface area contributed by atoms with Crippen molar-refractivity contribution in [1.29, 1.82) is 0 Å². The summed E-state index contributed by atoms with van der Waals surface area (Å²) in [4.78, 5) is 38.7. The van der Waals surface area contributed by atoms with Gasteiger partial charge in [0.2, 0.25) is 11.8 Å². The van der Waals surface area contributed by atoms with Crippen molar-refractivity contribution < 1.29 is 14.3 Å². The summed E-state index contributed by atoms with van der Waals surface area (Å²) in [6.45, 7) is 11.7. The molecule has 8 nitrogen and oxygen atoms in total. The van der Waals surface area contributed by atoms with Crippen LogP contribution >= 0.6 is 0 Å². The second-order valence-corrected chi connectivity index (χ2v) is 12.6. The quantitative estimate of drug-likeness (QED) is 0.427. The van der Waals surface area contributed by atoms with E-state index in [1.807, 2.05) is 28.1 Å². The molecular formula is C33H47N5O3. The maximum absolute atomic E-state index is 13.3. The lowest BCUT2D eigenvalue weighted by atomic mass is 9.85. The van der Waals surface area contributed by atoms with E-state index in [4.69, 9.17) is 9.72 Å². The Bertz CT molecular complexity index is 1240. The maximum Gasteiger partial charge on any atom is 0.237 e. The fourth-order valence-electron chi connectivity index (χ4n) is 7.05. The molecule has 2 aromatic rings. The molecule has 1 saturated heterocycles. The second-order valence-electron chi connectivity index (χ2n) is 12.6. The van der Waals surface area contributed by atoms with Gasteiger partial charge in [0.15, 0.2) is 0 Å². The third kappa shape index (κ3) is 6.22. The first-order valence-electron chi connectivity index (χ1n) is 15.4. The van der Waals surface area contributed by atoms with Crippen molar-refractivity contribution in [2.45, 2.75) is 78.3 Å². The molecule has 0 N–H and O–H groups in total. The van der Waals surface area contributed by atoms with Crippen LogP contribution in [0.1, 0.15) is 76.1 Å². The number of carbonyl (C=O) groups is 2. The number of hydrogen-bond acceptors (Lipinski definition) is 6. The number of nitrogens with zero attached hydrogens (tertiary/aromatic N) is 5. The van der Waals surface area contributed by atoms with Gasteiger partial charge in [-0.15, -0.1) is 0 Å². The van der Waals surface area contributed by atoms with Gasteiger partial charge in [0.25, 0.3) is 0 Å². The number of carbonyl (C=O) groups excluding carboxylic acids is 2. The molecule has 0 bridgehead atoms. The van der Waals surface area contributed by atoms with Gasteiger partial charge in [-0.3, -0.25) is 14.5 Å². The first-order valence-corrected chi connectivity index (χ1v) is 15.4. The highest BCUT2D eigenvalue weighted by molar-refractivity contribution is 5.97. The van der Waals surface area contributed by atoms with Gasteiger partial charge in [-0.05, 0) is 98.7 Å². The number of methoxy groups -OCH3 is 1. The highest BCUT2D eigenvalue weighted by Gasteiger charge is 2.34. The van der Waals surface area contributed by atoms with Gasteiger partial charge in [-0.25, -0.2) is 4.98 Å². The Labute approximate surface area is 245 Å². The van der Waals surface area contributed by atoms with E-state index >= 15 is 0 Å². The summed E-state index contributed by atoms with van der Waals surface area (Å²) in [6.07, 6.45) is 7.80. The van der Waals surface area contributed by atoms with Crippen LogP contribution in [-0.2, 0) is 22.4 Å². The van der Waals surface area contributed by atoms with Crippen LogP contribution in [0.5, 0.6) is 5.75 Å². The van der Waals surface area contributed by atoms with Gasteiger partial charge in [-0.1, -0.05) is 13.8 Å². The molecule has 2 amide bonds. The molecule has 3 heterocycles. The number of hydrogen-bond donors (Lipinski definition) is 0. The summed E-state index contributed by atoms with van der Waals surface area (Å²) < 4.78 is 5.67. The number of fused-ring (bicyclic) bond motifs is 1. The smallest absolute Gasteiger partial charge is 0.237 e. The van der Waals surface area contributed by atoms with E-state index in [2.05, 4.69) is 56.7 Å². The minimum atomic E-state index is -0.0704. The molecule has 3 aliphatic rings. The zero-order chi connectivity index (χ0) is 29.3. The van der Waals surface area contributed by atoms with Gasteiger partial charge < -0.3 is 19.4 Å². The van der Waals surface area contributed by atoms with Crippen molar-refractivity contribution in [3.8, 4) is 5.75 Å². The van der Waals surface area contributed by atoms with Crippen molar-refractivity contribution in [1.82, 2.24) is 14.8 Å². The van der Waals surface area contributed by atoms with Gasteiger partial charge in [-0.2, -0.15) is 0 Å². The Hall–Kier alpha value is -3.13. The van der Waals surface area contributed by atoms with Crippen molar-refractivity contribution in [2.75, 3.05) is 50.3 Å².